The largest absolute Gasteiger partial charge is 0.324 e. The van der Waals surface area contributed by atoms with Gasteiger partial charge in [0.05, 0.1) is 24.4 Å². The lowest BCUT2D eigenvalue weighted by Crippen LogP contribution is -2.30. The van der Waals surface area contributed by atoms with Crippen molar-refractivity contribution >= 4 is 33.2 Å². The van der Waals surface area contributed by atoms with Crippen LogP contribution in [0.5, 0.6) is 0 Å². The number of nitrogens with zero attached hydrogens (tertiary/aromatic N) is 2. The SMILES string of the molecule is CS(=O)(=O)N(Cc1ccc(C(=O)CN)cc1)c1ccc(Cl)cn1. The van der Waals surface area contributed by atoms with Gasteiger partial charge in [0.25, 0.3) is 0 Å². The second-order valence-electron chi connectivity index (χ2n) is 4.93. The fourth-order valence-corrected chi connectivity index (χ4v) is 2.91. The van der Waals surface area contributed by atoms with E-state index in [4.69, 9.17) is 17.3 Å². The molecule has 122 valence electrons. The molecule has 0 fully saturated rings. The number of halogens is 1. The third-order valence-electron chi connectivity index (χ3n) is 3.16. The van der Waals surface area contributed by atoms with Gasteiger partial charge in [-0.3, -0.25) is 4.79 Å². The van der Waals surface area contributed by atoms with Crippen LogP contribution in [0.25, 0.3) is 0 Å². The molecule has 0 aliphatic rings. The predicted molar refractivity (Wildman–Crippen MR) is 90.1 cm³/mol. The molecule has 0 spiro atoms. The van der Waals surface area contributed by atoms with Gasteiger partial charge in [-0.15, -0.1) is 0 Å². The van der Waals surface area contributed by atoms with Crippen LogP contribution in [0, 0.1) is 0 Å². The highest BCUT2D eigenvalue weighted by Gasteiger charge is 2.19. The number of pyridine rings is 1. The van der Waals surface area contributed by atoms with Crippen LogP contribution in [0.1, 0.15) is 15.9 Å². The molecular formula is C15H16ClN3O3S. The van der Waals surface area contributed by atoms with E-state index in [1.165, 1.54) is 16.6 Å². The highest BCUT2D eigenvalue weighted by Crippen LogP contribution is 2.20. The first-order valence-corrected chi connectivity index (χ1v) is 8.95. The van der Waals surface area contributed by atoms with Gasteiger partial charge in [0.1, 0.15) is 5.82 Å². The molecule has 1 aromatic heterocycles. The van der Waals surface area contributed by atoms with Crippen LogP contribution in [0.15, 0.2) is 42.6 Å². The molecule has 8 heteroatoms. The molecule has 1 heterocycles. The first-order chi connectivity index (χ1) is 10.8. The quantitative estimate of drug-likeness (QED) is 0.800. The summed E-state index contributed by atoms with van der Waals surface area (Å²) in [6.45, 7) is 0.0358. The Morgan fingerprint density at radius 3 is 2.35 bits per heavy atom. The van der Waals surface area contributed by atoms with E-state index in [2.05, 4.69) is 4.98 Å². The van der Waals surface area contributed by atoms with E-state index in [9.17, 15) is 13.2 Å². The number of carbonyl (C=O) groups is 1. The highest BCUT2D eigenvalue weighted by atomic mass is 35.5. The zero-order chi connectivity index (χ0) is 17.0. The molecule has 1 aromatic carbocycles. The number of hydrogen-bond acceptors (Lipinski definition) is 5. The average molecular weight is 354 g/mol. The minimum absolute atomic E-state index is 0.0660. The Morgan fingerprint density at radius 2 is 1.87 bits per heavy atom. The van der Waals surface area contributed by atoms with Gasteiger partial charge in [-0.2, -0.15) is 0 Å². The number of hydrogen-bond donors (Lipinski definition) is 1. The number of nitrogens with two attached hydrogens (primary N) is 1. The predicted octanol–water partition coefficient (Wildman–Crippen LogP) is 1.84. The van der Waals surface area contributed by atoms with Gasteiger partial charge in [-0.25, -0.2) is 17.7 Å². The number of benzene rings is 1. The summed E-state index contributed by atoms with van der Waals surface area (Å²) >= 11 is 5.78. The molecular weight excluding hydrogens is 338 g/mol. The Hall–Kier alpha value is -1.96. The maximum atomic E-state index is 12.0. The fourth-order valence-electron chi connectivity index (χ4n) is 1.96. The molecule has 2 rings (SSSR count). The van der Waals surface area contributed by atoms with Crippen molar-refractivity contribution < 1.29 is 13.2 Å². The van der Waals surface area contributed by atoms with E-state index in [-0.39, 0.29) is 24.7 Å². The Labute approximate surface area is 139 Å². The average Bonchev–Trinajstić information content (AvgIpc) is 2.52. The molecule has 0 saturated heterocycles. The van der Waals surface area contributed by atoms with Crippen molar-refractivity contribution in [2.24, 2.45) is 5.73 Å². The molecule has 0 saturated carbocycles. The summed E-state index contributed by atoms with van der Waals surface area (Å²) in [7, 11) is -3.52. The van der Waals surface area contributed by atoms with Gasteiger partial charge in [0.2, 0.25) is 10.0 Å². The van der Waals surface area contributed by atoms with Gasteiger partial charge < -0.3 is 5.73 Å². The maximum Gasteiger partial charge on any atom is 0.233 e. The summed E-state index contributed by atoms with van der Waals surface area (Å²) in [6, 6.07) is 9.75. The van der Waals surface area contributed by atoms with E-state index in [1.54, 1.807) is 30.3 Å². The summed E-state index contributed by atoms with van der Waals surface area (Å²) < 4.78 is 25.2. The van der Waals surface area contributed by atoms with Gasteiger partial charge in [0.15, 0.2) is 5.78 Å². The normalized spacial score (nSPS) is 11.3. The standard InChI is InChI=1S/C15H16ClN3O3S/c1-23(21,22)19(15-7-6-13(16)9-18-15)10-11-2-4-12(5-3-11)14(20)8-17/h2-7,9H,8,10,17H2,1H3. The number of aromatic nitrogens is 1. The molecule has 0 aliphatic carbocycles. The van der Waals surface area contributed by atoms with E-state index in [0.717, 1.165) is 11.8 Å². The minimum atomic E-state index is -3.52. The van der Waals surface area contributed by atoms with Crippen molar-refractivity contribution in [2.45, 2.75) is 6.54 Å². The number of anilines is 1. The summed E-state index contributed by atoms with van der Waals surface area (Å²) in [5.41, 5.74) is 6.53. The van der Waals surface area contributed by atoms with Gasteiger partial charge in [-0.05, 0) is 17.7 Å². The molecule has 6 nitrogen and oxygen atoms in total. The number of rotatable bonds is 6. The molecule has 0 amide bonds. The van der Waals surface area contributed by atoms with Crippen molar-refractivity contribution in [3.8, 4) is 0 Å². The van der Waals surface area contributed by atoms with Crippen molar-refractivity contribution in [3.63, 3.8) is 0 Å². The van der Waals surface area contributed by atoms with E-state index in [1.807, 2.05) is 0 Å². The van der Waals surface area contributed by atoms with Crippen LogP contribution in [0.2, 0.25) is 5.02 Å². The molecule has 2 N–H and O–H groups in total. The molecule has 0 atom stereocenters. The van der Waals surface area contributed by atoms with Crippen LogP contribution in [0.3, 0.4) is 0 Å². The third kappa shape index (κ3) is 4.51. The van der Waals surface area contributed by atoms with E-state index >= 15 is 0 Å². The van der Waals surface area contributed by atoms with Gasteiger partial charge in [-0.1, -0.05) is 35.9 Å². The van der Waals surface area contributed by atoms with Crippen LogP contribution in [-0.4, -0.2) is 32.0 Å². The molecule has 2 aromatic rings. The molecule has 23 heavy (non-hydrogen) atoms. The van der Waals surface area contributed by atoms with Crippen molar-refractivity contribution in [1.82, 2.24) is 4.98 Å². The zero-order valence-corrected chi connectivity index (χ0v) is 14.0. The van der Waals surface area contributed by atoms with Gasteiger partial charge >= 0.3 is 0 Å². The second-order valence-corrected chi connectivity index (χ2v) is 7.27. The lowest BCUT2D eigenvalue weighted by Gasteiger charge is -2.21. The van der Waals surface area contributed by atoms with Crippen LogP contribution >= 0.6 is 11.6 Å². The number of sulfonamides is 1. The lowest BCUT2D eigenvalue weighted by atomic mass is 10.1. The Kier molecular flexibility index (Phi) is 5.35. The second kappa shape index (κ2) is 7.08. The van der Waals surface area contributed by atoms with E-state index < -0.39 is 10.0 Å². The Morgan fingerprint density at radius 1 is 1.22 bits per heavy atom. The first-order valence-electron chi connectivity index (χ1n) is 6.72. The third-order valence-corrected chi connectivity index (χ3v) is 4.50. The molecule has 0 aliphatic heterocycles. The van der Waals surface area contributed by atoms with Crippen LogP contribution < -0.4 is 10.0 Å². The summed E-state index contributed by atoms with van der Waals surface area (Å²) in [4.78, 5) is 15.6. The summed E-state index contributed by atoms with van der Waals surface area (Å²) in [5.74, 6) is 0.106. The first kappa shape index (κ1) is 17.4. The number of Topliss-reactive ketones (excluding diaryl/α,β-unsaturated/α-hetero) is 1. The van der Waals surface area contributed by atoms with Crippen LogP contribution in [0.4, 0.5) is 5.82 Å². The van der Waals surface area contributed by atoms with Crippen molar-refractivity contribution in [2.75, 3.05) is 17.1 Å². The number of carbonyl (C=O) groups excluding carboxylic acids is 1. The van der Waals surface area contributed by atoms with Crippen LogP contribution in [-0.2, 0) is 16.6 Å². The minimum Gasteiger partial charge on any atom is -0.324 e. The van der Waals surface area contributed by atoms with Gasteiger partial charge in [0, 0.05) is 11.8 Å². The monoisotopic (exact) mass is 353 g/mol. The van der Waals surface area contributed by atoms with Crippen molar-refractivity contribution in [3.05, 3.63) is 58.7 Å². The summed E-state index contributed by atoms with van der Waals surface area (Å²) in [5, 5.41) is 0.423. The zero-order valence-electron chi connectivity index (χ0n) is 12.4. The maximum absolute atomic E-state index is 12.0. The number of ketones is 1. The topological polar surface area (TPSA) is 93.4 Å². The molecule has 0 bridgehead atoms. The highest BCUT2D eigenvalue weighted by molar-refractivity contribution is 7.92. The lowest BCUT2D eigenvalue weighted by molar-refractivity contribution is 0.100. The smallest absolute Gasteiger partial charge is 0.233 e. The molecule has 0 radical (unpaired) electrons. The van der Waals surface area contributed by atoms with E-state index in [0.29, 0.717) is 10.6 Å². The fraction of sp³-hybridized carbons (Fsp3) is 0.200. The van der Waals surface area contributed by atoms with Crippen molar-refractivity contribution in [1.29, 1.82) is 0 Å². The summed E-state index contributed by atoms with van der Waals surface area (Å²) in [6.07, 6.45) is 2.49. The molecule has 0 unspecified atom stereocenters. The Balaban J connectivity index is 2.28. The Bertz CT molecular complexity index is 790.